The largest absolute Gasteiger partial charge is 0.483 e. The van der Waals surface area contributed by atoms with Crippen LogP contribution < -0.4 is 0 Å². The number of methoxy groups -OCH3 is 1. The first-order valence-electron chi connectivity index (χ1n) is 21.9. The van der Waals surface area contributed by atoms with Crippen LogP contribution in [0.1, 0.15) is 227 Å². The maximum Gasteiger partial charge on any atom is 0.290 e. The van der Waals surface area contributed by atoms with Gasteiger partial charge in [-0.3, -0.25) is 4.79 Å². The van der Waals surface area contributed by atoms with Gasteiger partial charge in [0.1, 0.15) is 6.29 Å². The van der Waals surface area contributed by atoms with E-state index in [0.29, 0.717) is 12.5 Å². The van der Waals surface area contributed by atoms with Crippen molar-refractivity contribution < 1.29 is 24.5 Å². The van der Waals surface area contributed by atoms with Gasteiger partial charge in [-0.1, -0.05) is 188 Å². The second-order valence-electron chi connectivity index (χ2n) is 14.9. The number of hydrogen-bond donors (Lipinski definition) is 2. The monoisotopic (exact) mass is 714 g/mol. The molecule has 0 bridgehead atoms. The van der Waals surface area contributed by atoms with Crippen LogP contribution in [0.25, 0.3) is 0 Å². The van der Waals surface area contributed by atoms with Gasteiger partial charge in [-0.15, -0.1) is 0 Å². The number of carbonyl (C=O) groups is 2. The average Bonchev–Trinajstić information content (AvgIpc) is 3.11. The van der Waals surface area contributed by atoms with Gasteiger partial charge in [-0.25, -0.2) is 0 Å². The van der Waals surface area contributed by atoms with Crippen LogP contribution in [0, 0.1) is 5.92 Å². The summed E-state index contributed by atoms with van der Waals surface area (Å²) in [5.41, 5.74) is 0. The lowest BCUT2D eigenvalue weighted by molar-refractivity contribution is -0.122. The van der Waals surface area contributed by atoms with Gasteiger partial charge in [0, 0.05) is 20.1 Å². The van der Waals surface area contributed by atoms with E-state index in [0.717, 1.165) is 38.3 Å². The van der Waals surface area contributed by atoms with Crippen molar-refractivity contribution in [3.05, 3.63) is 0 Å². The second-order valence-corrected chi connectivity index (χ2v) is 14.9. The first kappa shape index (κ1) is 53.4. The highest BCUT2D eigenvalue weighted by Gasteiger charge is 2.07. The molecular weight excluding hydrogens is 622 g/mol. The Labute approximate surface area is 313 Å². The zero-order valence-corrected chi connectivity index (χ0v) is 34.6. The molecule has 0 aliphatic rings. The van der Waals surface area contributed by atoms with Crippen molar-refractivity contribution in [2.24, 2.45) is 5.92 Å². The lowest BCUT2D eigenvalue weighted by atomic mass is 9.96. The standard InChI is InChI=1S/C25H51NO2.C18H38O.CH2O2/c1-3-4-13-18-25(2)19-14-9-5-6-10-15-20-26(22-24-28)21-16-11-7-8-12-17-23-27;1-4-6-8-10-12-14-16-18(19-3)17-15-13-11-9-7-5-2;2-1-3/h23,25,28H,3-22,24H2,1-2H3;18H,4-17H2,1-3H3;1H,(H,2,3). The average molecular weight is 714 g/mol. The number of unbranched alkanes of at least 4 members (excludes halogenated alkanes) is 22. The summed E-state index contributed by atoms with van der Waals surface area (Å²) in [5.74, 6) is 0.920. The second kappa shape index (κ2) is 50.1. The first-order valence-corrected chi connectivity index (χ1v) is 21.9. The smallest absolute Gasteiger partial charge is 0.290 e. The quantitative estimate of drug-likeness (QED) is 0.0489. The summed E-state index contributed by atoms with van der Waals surface area (Å²) in [7, 11) is 1.89. The molecule has 0 aromatic rings. The van der Waals surface area contributed by atoms with E-state index in [2.05, 4.69) is 32.6 Å². The minimum absolute atomic E-state index is 0.250. The van der Waals surface area contributed by atoms with Crippen molar-refractivity contribution in [2.45, 2.75) is 233 Å². The predicted molar refractivity (Wildman–Crippen MR) is 218 cm³/mol. The summed E-state index contributed by atoms with van der Waals surface area (Å²) in [5, 5.41) is 16.2. The molecule has 1 unspecified atom stereocenters. The van der Waals surface area contributed by atoms with E-state index in [9.17, 15) is 9.90 Å². The molecule has 6 heteroatoms. The Kier molecular flexibility index (Phi) is 53.5. The number of aliphatic hydroxyl groups excluding tert-OH is 1. The summed E-state index contributed by atoms with van der Waals surface area (Å²) in [6.45, 7) is 12.4. The van der Waals surface area contributed by atoms with Gasteiger partial charge in [0.15, 0.2) is 0 Å². The Balaban J connectivity index is -0.000000870. The van der Waals surface area contributed by atoms with E-state index in [-0.39, 0.29) is 13.1 Å². The molecule has 0 saturated carbocycles. The number of carbonyl (C=O) groups excluding carboxylic acids is 1. The van der Waals surface area contributed by atoms with Crippen molar-refractivity contribution in [2.75, 3.05) is 33.4 Å². The van der Waals surface area contributed by atoms with Gasteiger partial charge in [0.25, 0.3) is 6.47 Å². The molecule has 0 aliphatic carbocycles. The summed E-state index contributed by atoms with van der Waals surface area (Å²) in [4.78, 5) is 21.1. The van der Waals surface area contributed by atoms with E-state index >= 15 is 0 Å². The van der Waals surface area contributed by atoms with Gasteiger partial charge in [0.2, 0.25) is 0 Å². The molecule has 0 aromatic heterocycles. The molecule has 0 fully saturated rings. The summed E-state index contributed by atoms with van der Waals surface area (Å²) < 4.78 is 5.61. The van der Waals surface area contributed by atoms with Crippen LogP contribution in [-0.2, 0) is 14.3 Å². The molecule has 0 spiro atoms. The highest BCUT2D eigenvalue weighted by Crippen LogP contribution is 2.18. The molecule has 0 heterocycles. The fraction of sp³-hybridized carbons (Fsp3) is 0.955. The topological polar surface area (TPSA) is 87.1 Å². The molecule has 1 atom stereocenters. The van der Waals surface area contributed by atoms with E-state index in [1.54, 1.807) is 0 Å². The summed E-state index contributed by atoms with van der Waals surface area (Å²) >= 11 is 0. The number of carboxylic acid groups (broad SMARTS) is 1. The molecule has 2 N–H and O–H groups in total. The van der Waals surface area contributed by atoms with Gasteiger partial charge < -0.3 is 24.6 Å². The summed E-state index contributed by atoms with van der Waals surface area (Å²) in [6.07, 6.45) is 42.6. The molecule has 0 aromatic carbocycles. The van der Waals surface area contributed by atoms with E-state index in [1.165, 1.54) is 186 Å². The van der Waals surface area contributed by atoms with E-state index in [4.69, 9.17) is 14.6 Å². The minimum atomic E-state index is -0.250. The van der Waals surface area contributed by atoms with Crippen molar-refractivity contribution in [1.29, 1.82) is 0 Å². The number of aldehydes is 1. The van der Waals surface area contributed by atoms with Gasteiger partial charge in [-0.05, 0) is 51.1 Å². The maximum atomic E-state index is 10.3. The van der Waals surface area contributed by atoms with Crippen molar-refractivity contribution in [1.82, 2.24) is 4.90 Å². The highest BCUT2D eigenvalue weighted by molar-refractivity contribution is 5.48. The lowest BCUT2D eigenvalue weighted by Crippen LogP contribution is -2.29. The number of hydrogen-bond acceptors (Lipinski definition) is 5. The zero-order valence-electron chi connectivity index (χ0n) is 34.6. The van der Waals surface area contributed by atoms with Crippen LogP contribution >= 0.6 is 0 Å². The molecule has 0 rings (SSSR count). The minimum Gasteiger partial charge on any atom is -0.483 e. The predicted octanol–water partition coefficient (Wildman–Crippen LogP) is 13.0. The van der Waals surface area contributed by atoms with Crippen molar-refractivity contribution in [3.63, 3.8) is 0 Å². The van der Waals surface area contributed by atoms with E-state index in [1.807, 2.05) is 7.11 Å². The van der Waals surface area contributed by atoms with Crippen molar-refractivity contribution >= 4 is 12.8 Å². The third kappa shape index (κ3) is 49.1. The molecule has 302 valence electrons. The first-order chi connectivity index (χ1) is 24.5. The van der Waals surface area contributed by atoms with Gasteiger partial charge in [-0.2, -0.15) is 0 Å². The molecule has 50 heavy (non-hydrogen) atoms. The number of ether oxygens (including phenoxy) is 1. The maximum absolute atomic E-state index is 10.3. The van der Waals surface area contributed by atoms with Crippen LogP contribution in [0.4, 0.5) is 0 Å². The Morgan fingerprint density at radius 2 is 0.860 bits per heavy atom. The Morgan fingerprint density at radius 1 is 0.520 bits per heavy atom. The fourth-order valence-corrected chi connectivity index (χ4v) is 6.68. The molecule has 6 nitrogen and oxygen atoms in total. The van der Waals surface area contributed by atoms with Crippen LogP contribution in [0.3, 0.4) is 0 Å². The van der Waals surface area contributed by atoms with Crippen LogP contribution in [0.5, 0.6) is 0 Å². The Bertz CT molecular complexity index is 589. The Hall–Kier alpha value is -0.980. The summed E-state index contributed by atoms with van der Waals surface area (Å²) in [6, 6.07) is 0. The Morgan fingerprint density at radius 3 is 1.26 bits per heavy atom. The molecule has 0 radical (unpaired) electrons. The number of rotatable bonds is 38. The SMILES string of the molecule is CCCCCC(C)CCCCCCCCN(CCO)CCCCCCCC=O.CCCCCCCCC(CCCCCCCC)OC.O=CO. The van der Waals surface area contributed by atoms with Crippen LogP contribution in [0.2, 0.25) is 0 Å². The highest BCUT2D eigenvalue weighted by atomic mass is 16.5. The fourth-order valence-electron chi connectivity index (χ4n) is 6.68. The van der Waals surface area contributed by atoms with Crippen LogP contribution in [-0.4, -0.2) is 67.3 Å². The molecule has 0 aliphatic heterocycles. The van der Waals surface area contributed by atoms with Gasteiger partial charge in [0.05, 0.1) is 12.7 Å². The molecule has 0 amide bonds. The number of aliphatic hydroxyl groups is 1. The van der Waals surface area contributed by atoms with E-state index < -0.39 is 0 Å². The van der Waals surface area contributed by atoms with Crippen LogP contribution in [0.15, 0.2) is 0 Å². The molecule has 0 saturated heterocycles. The van der Waals surface area contributed by atoms with Gasteiger partial charge >= 0.3 is 0 Å². The zero-order chi connectivity index (χ0) is 37.6. The lowest BCUT2D eigenvalue weighted by Gasteiger charge is -2.21. The third-order valence-corrected chi connectivity index (χ3v) is 10.0. The molecular formula is C44H91NO5. The number of nitrogens with zero attached hydrogens (tertiary/aromatic N) is 1. The normalized spacial score (nSPS) is 11.6. The van der Waals surface area contributed by atoms with Crippen molar-refractivity contribution in [3.8, 4) is 0 Å². The third-order valence-electron chi connectivity index (χ3n) is 10.0.